The summed E-state index contributed by atoms with van der Waals surface area (Å²) >= 11 is 12.6. The Hall–Kier alpha value is -2.73. The quantitative estimate of drug-likeness (QED) is 0.553. The van der Waals surface area contributed by atoms with E-state index in [1.807, 2.05) is 29.0 Å². The molecule has 4 heterocycles. The lowest BCUT2D eigenvalue weighted by molar-refractivity contribution is -0.130. The van der Waals surface area contributed by atoms with Gasteiger partial charge in [-0.15, -0.1) is 0 Å². The highest BCUT2D eigenvalue weighted by atomic mass is 35.5. The van der Waals surface area contributed by atoms with Gasteiger partial charge < -0.3 is 14.7 Å². The molecule has 1 N–H and O–H groups in total. The van der Waals surface area contributed by atoms with Gasteiger partial charge in [0.25, 0.3) is 0 Å². The van der Waals surface area contributed by atoms with Crippen molar-refractivity contribution in [2.45, 2.75) is 25.0 Å². The second-order valence-electron chi connectivity index (χ2n) is 9.86. The summed E-state index contributed by atoms with van der Waals surface area (Å²) in [5, 5.41) is 4.42. The van der Waals surface area contributed by atoms with Crippen LogP contribution in [0.5, 0.6) is 0 Å². The normalized spacial score (nSPS) is 26.9. The number of aliphatic imine (C=N–C) groups is 2. The molecule has 1 aromatic rings. The Morgan fingerprint density at radius 3 is 2.53 bits per heavy atom. The molecule has 10 nitrogen and oxygen atoms in total. The Labute approximate surface area is 232 Å². The Morgan fingerprint density at radius 2 is 1.89 bits per heavy atom. The standard InChI is InChI=1S/C25H29Cl2N7O3S/c1-25(17-3-5-18(6-4-17)38(2,36)37)24(34-8-7-28-15-21(34)31-25)30-16-22(35)32-9-11-33(12-10-32)23-19(26)13-29-14-20(23)27/h3,5-8,13-15,17,24,30H,4,9-12,16H2,1-2H3. The highest BCUT2D eigenvalue weighted by Crippen LogP contribution is 2.39. The van der Waals surface area contributed by atoms with Crippen molar-refractivity contribution in [3.63, 3.8) is 0 Å². The molecule has 4 aliphatic rings. The minimum Gasteiger partial charge on any atom is -0.365 e. The Morgan fingerprint density at radius 1 is 1.18 bits per heavy atom. The van der Waals surface area contributed by atoms with Gasteiger partial charge in [0, 0.05) is 63.1 Å². The summed E-state index contributed by atoms with van der Waals surface area (Å²) in [4.78, 5) is 32.6. The van der Waals surface area contributed by atoms with Crippen molar-refractivity contribution in [2.24, 2.45) is 15.9 Å². The van der Waals surface area contributed by atoms with Crippen LogP contribution in [0, 0.1) is 5.92 Å². The van der Waals surface area contributed by atoms with E-state index in [9.17, 15) is 13.2 Å². The molecule has 3 aliphatic heterocycles. The zero-order valence-electron chi connectivity index (χ0n) is 21.1. The molecule has 0 bridgehead atoms. The number of halogens is 2. The molecular weight excluding hydrogens is 549 g/mol. The van der Waals surface area contributed by atoms with Gasteiger partial charge in [-0.05, 0) is 19.4 Å². The fourth-order valence-corrected chi connectivity index (χ4v) is 6.67. The summed E-state index contributed by atoms with van der Waals surface area (Å²) in [5.41, 5.74) is 0.0898. The average molecular weight is 579 g/mol. The second kappa shape index (κ2) is 10.4. The number of allylic oxidation sites excluding steroid dienone is 2. The van der Waals surface area contributed by atoms with Crippen LogP contribution in [0.2, 0.25) is 10.0 Å². The fraction of sp³-hybridized carbons (Fsp3) is 0.440. The van der Waals surface area contributed by atoms with Crippen LogP contribution in [0.3, 0.4) is 0 Å². The van der Waals surface area contributed by atoms with Gasteiger partial charge in [0.2, 0.25) is 5.91 Å². The third-order valence-electron chi connectivity index (χ3n) is 7.42. The van der Waals surface area contributed by atoms with E-state index in [1.54, 1.807) is 37.0 Å². The SMILES string of the molecule is CC1(C2C=CC(S(C)(=O)=O)=CC2)N=C2C=NC=CN2C1NCC(=O)N1CCN(c2c(Cl)cncc2Cl)CC1. The number of nitrogens with one attached hydrogen (secondary N) is 1. The molecule has 1 saturated heterocycles. The number of anilines is 1. The van der Waals surface area contributed by atoms with Crippen molar-refractivity contribution in [1.82, 2.24) is 20.1 Å². The minimum absolute atomic E-state index is 0.0135. The molecular formula is C25H29Cl2N7O3S. The number of piperazine rings is 1. The molecule has 0 aromatic carbocycles. The van der Waals surface area contributed by atoms with Crippen LogP contribution < -0.4 is 10.2 Å². The zero-order chi connectivity index (χ0) is 27.1. The summed E-state index contributed by atoms with van der Waals surface area (Å²) < 4.78 is 23.9. The first-order valence-electron chi connectivity index (χ1n) is 12.3. The molecule has 13 heteroatoms. The number of amides is 1. The number of rotatable bonds is 6. The maximum atomic E-state index is 13.2. The van der Waals surface area contributed by atoms with Crippen LogP contribution in [0.15, 0.2) is 57.9 Å². The Bertz CT molecular complexity index is 1360. The summed E-state index contributed by atoms with van der Waals surface area (Å²) in [6.45, 7) is 4.45. The Balaban J connectivity index is 1.25. The van der Waals surface area contributed by atoms with Crippen LogP contribution in [0.25, 0.3) is 0 Å². The molecule has 1 aromatic heterocycles. The minimum atomic E-state index is -3.28. The van der Waals surface area contributed by atoms with E-state index in [-0.39, 0.29) is 24.5 Å². The van der Waals surface area contributed by atoms with E-state index in [1.165, 1.54) is 6.26 Å². The number of hydrogen-bond donors (Lipinski definition) is 1. The lowest BCUT2D eigenvalue weighted by Crippen LogP contribution is -2.59. The molecule has 1 amide bonds. The number of aromatic nitrogens is 1. The average Bonchev–Trinajstić information content (AvgIpc) is 3.19. The Kier molecular flexibility index (Phi) is 7.38. The largest absolute Gasteiger partial charge is 0.365 e. The van der Waals surface area contributed by atoms with E-state index in [0.29, 0.717) is 53.4 Å². The number of sulfone groups is 1. The predicted octanol–water partition coefficient (Wildman–Crippen LogP) is 2.49. The number of amidine groups is 1. The topological polar surface area (TPSA) is 111 Å². The lowest BCUT2D eigenvalue weighted by atomic mass is 9.79. The van der Waals surface area contributed by atoms with Gasteiger partial charge in [-0.2, -0.15) is 0 Å². The first-order valence-corrected chi connectivity index (χ1v) is 14.9. The van der Waals surface area contributed by atoms with Crippen molar-refractivity contribution in [1.29, 1.82) is 0 Å². The van der Waals surface area contributed by atoms with Gasteiger partial charge >= 0.3 is 0 Å². The second-order valence-corrected chi connectivity index (χ2v) is 12.7. The summed E-state index contributed by atoms with van der Waals surface area (Å²) in [5.74, 6) is 0.616. The smallest absolute Gasteiger partial charge is 0.236 e. The molecule has 1 fully saturated rings. The number of pyridine rings is 1. The maximum Gasteiger partial charge on any atom is 0.236 e. The molecule has 3 unspecified atom stereocenters. The van der Waals surface area contributed by atoms with E-state index >= 15 is 0 Å². The van der Waals surface area contributed by atoms with Gasteiger partial charge in [0.15, 0.2) is 9.84 Å². The third kappa shape index (κ3) is 5.12. The number of fused-ring (bicyclic) bond motifs is 1. The van der Waals surface area contributed by atoms with Gasteiger partial charge in [-0.25, -0.2) is 8.42 Å². The molecule has 3 atom stereocenters. The number of carbonyl (C=O) groups excluding carboxylic acids is 1. The molecule has 5 rings (SSSR count). The monoisotopic (exact) mass is 577 g/mol. The van der Waals surface area contributed by atoms with Crippen molar-refractivity contribution in [3.05, 3.63) is 58.0 Å². The van der Waals surface area contributed by atoms with Crippen LogP contribution >= 0.6 is 23.2 Å². The number of nitrogens with zero attached hydrogens (tertiary/aromatic N) is 6. The fourth-order valence-electron chi connectivity index (χ4n) is 5.34. The van der Waals surface area contributed by atoms with Crippen LogP contribution in [-0.2, 0) is 14.6 Å². The van der Waals surface area contributed by atoms with Gasteiger partial charge in [-0.3, -0.25) is 25.1 Å². The molecule has 0 saturated carbocycles. The van der Waals surface area contributed by atoms with Crippen molar-refractivity contribution in [2.75, 3.05) is 43.9 Å². The molecule has 0 radical (unpaired) electrons. The van der Waals surface area contributed by atoms with E-state index in [2.05, 4.69) is 20.2 Å². The molecule has 38 heavy (non-hydrogen) atoms. The number of carbonyl (C=O) groups is 1. The first kappa shape index (κ1) is 26.9. The number of hydrogen-bond acceptors (Lipinski definition) is 9. The van der Waals surface area contributed by atoms with Crippen LogP contribution in [0.4, 0.5) is 5.69 Å². The highest BCUT2D eigenvalue weighted by Gasteiger charge is 2.49. The van der Waals surface area contributed by atoms with Gasteiger partial charge in [0.1, 0.15) is 17.5 Å². The van der Waals surface area contributed by atoms with E-state index in [0.717, 1.165) is 5.69 Å². The van der Waals surface area contributed by atoms with E-state index in [4.69, 9.17) is 28.2 Å². The zero-order valence-corrected chi connectivity index (χ0v) is 23.4. The van der Waals surface area contributed by atoms with Crippen molar-refractivity contribution in [3.8, 4) is 0 Å². The molecule has 1 aliphatic carbocycles. The molecule has 0 spiro atoms. The van der Waals surface area contributed by atoms with E-state index < -0.39 is 15.4 Å². The predicted molar refractivity (Wildman–Crippen MR) is 150 cm³/mol. The van der Waals surface area contributed by atoms with Crippen molar-refractivity contribution >= 4 is 56.7 Å². The summed E-state index contributed by atoms with van der Waals surface area (Å²) in [7, 11) is -3.28. The van der Waals surface area contributed by atoms with Crippen LogP contribution in [-0.4, -0.2) is 91.8 Å². The first-order chi connectivity index (χ1) is 18.1. The third-order valence-corrected chi connectivity index (χ3v) is 9.14. The molecule has 202 valence electrons. The van der Waals surface area contributed by atoms with Gasteiger partial charge in [-0.1, -0.05) is 35.4 Å². The summed E-state index contributed by atoms with van der Waals surface area (Å²) in [6, 6.07) is 0. The maximum absolute atomic E-state index is 13.2. The highest BCUT2D eigenvalue weighted by molar-refractivity contribution is 7.94. The van der Waals surface area contributed by atoms with Crippen molar-refractivity contribution < 1.29 is 13.2 Å². The van der Waals surface area contributed by atoms with Crippen LogP contribution in [0.1, 0.15) is 13.3 Å². The summed E-state index contributed by atoms with van der Waals surface area (Å²) in [6.07, 6.45) is 15.1. The van der Waals surface area contributed by atoms with Gasteiger partial charge in [0.05, 0.1) is 33.4 Å². The lowest BCUT2D eigenvalue weighted by Gasteiger charge is -2.40.